The van der Waals surface area contributed by atoms with E-state index in [-0.39, 0.29) is 91.7 Å². The number of ketones is 4. The summed E-state index contributed by atoms with van der Waals surface area (Å²) < 4.78 is 34.8. The van der Waals surface area contributed by atoms with Crippen molar-refractivity contribution in [2.45, 2.75) is 123 Å². The predicted octanol–water partition coefficient (Wildman–Crippen LogP) is 12.1. The Labute approximate surface area is 467 Å². The summed E-state index contributed by atoms with van der Waals surface area (Å²) in [6.07, 6.45) is 3.19. The maximum atomic E-state index is 14.8. The Bertz CT molecular complexity index is 3810. The van der Waals surface area contributed by atoms with Gasteiger partial charge in [-0.3, -0.25) is 19.2 Å². The molecule has 0 fully saturated rings. The standard InChI is InChI=1S/C65H62O16/c1-28-49(70)34(53(74)41(30(3)66)50(28)71)25-35-54(75)45(40(69)24-22-33-19-15-12-16-20-33)60-43-37(27-63(5,6)79-60)48-62(78-56(35)43)47-55(76)42(31(4)67)57-36(58(47)80-65(48,9)10)26-38-59(77-57)46-52(73)29(2)51(72)44(61(46)81-64(38,7)8)39(68)23-21-32-17-13-11-14-18-32/h11-24,37-38,48,59,62,70-76H,25-27H2,1-10H3/b23-21+,24-22+/t37-,38+,48+,59+,62+/m0/s1. The minimum absolute atomic E-state index is 0.0112. The highest BCUT2D eigenvalue weighted by molar-refractivity contribution is 6.12. The minimum atomic E-state index is -1.23. The normalized spacial score (nSPS) is 21.0. The molecule has 0 radical (unpaired) electrons. The highest BCUT2D eigenvalue weighted by Gasteiger charge is 2.61. The van der Waals surface area contributed by atoms with Gasteiger partial charge >= 0.3 is 0 Å². The number of phenolic OH excluding ortho intramolecular Hbond substituents is 7. The SMILES string of the molecule is CC(=O)c1c(O)c(C)c(O)c(Cc2c(O)c(C(=O)/C=C/c3ccccc3)c3c4c2O[C@@H]2c5c(O)c(C(C)=O)c6c(c5OC(C)(C)[C@@H]2[C@H]4CC(C)(C)O3)C[C@@H]2[C@@H](O6)c3c(O)c(C)c(O)c(C(=O)/C=C/c4ccccc4)c3OC2(C)C)c1O. The van der Waals surface area contributed by atoms with Gasteiger partial charge in [-0.15, -0.1) is 0 Å². The molecule has 6 aromatic rings. The predicted molar refractivity (Wildman–Crippen MR) is 298 cm³/mol. The third kappa shape index (κ3) is 8.39. The number of carbonyl (C=O) groups excluding carboxylic acids is 4. The molecule has 0 spiro atoms. The van der Waals surface area contributed by atoms with Crippen molar-refractivity contribution in [3.8, 4) is 69.0 Å². The average molecular weight is 1100 g/mol. The number of allylic oxidation sites excluding steroid dienone is 2. The highest BCUT2D eigenvalue weighted by atomic mass is 16.5. The van der Waals surface area contributed by atoms with Crippen LogP contribution in [0.3, 0.4) is 0 Å². The van der Waals surface area contributed by atoms with Crippen LogP contribution in [0.25, 0.3) is 12.2 Å². The van der Waals surface area contributed by atoms with Crippen LogP contribution in [-0.2, 0) is 12.8 Å². The van der Waals surface area contributed by atoms with Crippen molar-refractivity contribution in [3.63, 3.8) is 0 Å². The first kappa shape index (κ1) is 54.1. The zero-order valence-corrected chi connectivity index (χ0v) is 46.4. The van der Waals surface area contributed by atoms with Crippen molar-refractivity contribution in [3.05, 3.63) is 151 Å². The van der Waals surface area contributed by atoms with Crippen molar-refractivity contribution >= 4 is 35.3 Å². The summed E-state index contributed by atoms with van der Waals surface area (Å²) >= 11 is 0. The van der Waals surface area contributed by atoms with Gasteiger partial charge in [0.25, 0.3) is 0 Å². The van der Waals surface area contributed by atoms with Crippen molar-refractivity contribution in [1.82, 2.24) is 0 Å². The summed E-state index contributed by atoms with van der Waals surface area (Å²) in [6.45, 7) is 16.2. The number of benzene rings is 6. The second-order valence-electron chi connectivity index (χ2n) is 23.5. The molecule has 0 aliphatic carbocycles. The van der Waals surface area contributed by atoms with Gasteiger partial charge in [0.1, 0.15) is 120 Å². The first-order valence-electron chi connectivity index (χ1n) is 26.8. The molecule has 5 aliphatic heterocycles. The Hall–Kier alpha value is -8.92. The molecular formula is C65H62O16. The topological polar surface area (TPSA) is 256 Å². The molecule has 0 unspecified atom stereocenters. The number of hydrogen-bond donors (Lipinski definition) is 7. The molecule has 6 aromatic carbocycles. The molecule has 11 rings (SSSR count). The minimum Gasteiger partial charge on any atom is -0.507 e. The summed E-state index contributed by atoms with van der Waals surface area (Å²) in [5.41, 5.74) is -2.91. The van der Waals surface area contributed by atoms with Crippen LogP contribution in [0.15, 0.2) is 72.8 Å². The lowest BCUT2D eigenvalue weighted by atomic mass is 9.63. The lowest BCUT2D eigenvalue weighted by molar-refractivity contribution is -0.0888. The third-order valence-electron chi connectivity index (χ3n) is 17.0. The van der Waals surface area contributed by atoms with Crippen molar-refractivity contribution in [2.75, 3.05) is 0 Å². The first-order chi connectivity index (χ1) is 38.2. The average Bonchev–Trinajstić information content (AvgIpc) is 3.11. The fourth-order valence-corrected chi connectivity index (χ4v) is 13.0. The highest BCUT2D eigenvalue weighted by Crippen LogP contribution is 2.68. The second-order valence-corrected chi connectivity index (χ2v) is 23.5. The monoisotopic (exact) mass is 1100 g/mol. The summed E-state index contributed by atoms with van der Waals surface area (Å²) in [6, 6.07) is 18.1. The van der Waals surface area contributed by atoms with E-state index in [2.05, 4.69) is 0 Å². The number of rotatable bonds is 10. The quantitative estimate of drug-likeness (QED) is 0.0497. The van der Waals surface area contributed by atoms with Gasteiger partial charge in [-0.25, -0.2) is 0 Å². The number of Topliss-reactive ketones (excluding diaryl/α,β-unsaturated/α-hetero) is 2. The molecule has 81 heavy (non-hydrogen) atoms. The summed E-state index contributed by atoms with van der Waals surface area (Å²) in [5, 5.41) is 83.6. The molecular weight excluding hydrogens is 1040 g/mol. The molecule has 16 nitrogen and oxygen atoms in total. The Morgan fingerprint density at radius 1 is 0.519 bits per heavy atom. The molecule has 7 N–H and O–H groups in total. The number of fused-ring (bicyclic) bond motifs is 9. The van der Waals surface area contributed by atoms with Crippen LogP contribution in [0, 0.1) is 25.7 Å². The number of hydrogen-bond acceptors (Lipinski definition) is 16. The van der Waals surface area contributed by atoms with Crippen molar-refractivity contribution in [2.24, 2.45) is 11.8 Å². The summed E-state index contributed by atoms with van der Waals surface area (Å²) in [4.78, 5) is 56.2. The number of ether oxygens (including phenoxy) is 5. The maximum absolute atomic E-state index is 14.8. The lowest BCUT2D eigenvalue weighted by Crippen LogP contribution is -2.54. The smallest absolute Gasteiger partial charge is 0.193 e. The Kier molecular flexibility index (Phi) is 12.6. The van der Waals surface area contributed by atoms with Crippen LogP contribution >= 0.6 is 0 Å². The Morgan fingerprint density at radius 2 is 1.01 bits per heavy atom. The molecule has 5 atom stereocenters. The van der Waals surface area contributed by atoms with Crippen LogP contribution in [0.4, 0.5) is 0 Å². The van der Waals surface area contributed by atoms with Gasteiger partial charge in [0, 0.05) is 57.6 Å². The molecule has 5 heterocycles. The Morgan fingerprint density at radius 3 is 1.59 bits per heavy atom. The van der Waals surface area contributed by atoms with Crippen LogP contribution in [0.1, 0.15) is 177 Å². The molecule has 0 saturated carbocycles. The van der Waals surface area contributed by atoms with Gasteiger partial charge in [-0.2, -0.15) is 0 Å². The van der Waals surface area contributed by atoms with Crippen LogP contribution in [0.5, 0.6) is 69.0 Å². The van der Waals surface area contributed by atoms with Crippen molar-refractivity contribution < 1.29 is 78.6 Å². The number of carbonyl (C=O) groups is 4. The number of phenols is 7. The number of aromatic hydroxyl groups is 7. The fourth-order valence-electron chi connectivity index (χ4n) is 13.0. The van der Waals surface area contributed by atoms with E-state index in [1.54, 1.807) is 50.3 Å². The second kappa shape index (κ2) is 18.9. The van der Waals surface area contributed by atoms with Gasteiger partial charge in [0.15, 0.2) is 23.1 Å². The largest absolute Gasteiger partial charge is 0.507 e. The van der Waals surface area contributed by atoms with Gasteiger partial charge in [0.2, 0.25) is 0 Å². The Balaban J connectivity index is 1.12. The third-order valence-corrected chi connectivity index (χ3v) is 17.0. The molecule has 0 amide bonds. The van der Waals surface area contributed by atoms with E-state index in [9.17, 15) is 54.9 Å². The molecule has 16 heteroatoms. The lowest BCUT2D eigenvalue weighted by Gasteiger charge is -2.55. The van der Waals surface area contributed by atoms with Crippen LogP contribution in [-0.4, -0.2) is 75.7 Å². The summed E-state index contributed by atoms with van der Waals surface area (Å²) in [7, 11) is 0. The molecule has 0 aromatic heterocycles. The molecule has 418 valence electrons. The zero-order chi connectivity index (χ0) is 58.3. The van der Waals surface area contributed by atoms with Gasteiger partial charge in [-0.1, -0.05) is 72.8 Å². The van der Waals surface area contributed by atoms with Gasteiger partial charge < -0.3 is 59.4 Å². The van der Waals surface area contributed by atoms with E-state index in [4.69, 9.17) is 23.7 Å². The maximum Gasteiger partial charge on any atom is 0.193 e. The first-order valence-corrected chi connectivity index (χ1v) is 26.8. The molecule has 0 saturated heterocycles. The fraction of sp³-hybridized carbons (Fsp3) is 0.323. The van der Waals surface area contributed by atoms with Crippen molar-refractivity contribution in [1.29, 1.82) is 0 Å². The van der Waals surface area contributed by atoms with Gasteiger partial charge in [0.05, 0.1) is 11.1 Å². The van der Waals surface area contributed by atoms with Crippen LogP contribution in [0.2, 0.25) is 0 Å². The van der Waals surface area contributed by atoms with E-state index < -0.39 is 122 Å². The van der Waals surface area contributed by atoms with E-state index in [0.717, 1.165) is 12.5 Å². The molecule has 0 bridgehead atoms. The summed E-state index contributed by atoms with van der Waals surface area (Å²) in [5.74, 6) is -8.81. The van der Waals surface area contributed by atoms with E-state index in [0.29, 0.717) is 16.7 Å². The van der Waals surface area contributed by atoms with E-state index >= 15 is 0 Å². The molecule has 5 aliphatic rings. The zero-order valence-electron chi connectivity index (χ0n) is 46.4. The van der Waals surface area contributed by atoms with E-state index in [1.165, 1.54) is 32.9 Å². The van der Waals surface area contributed by atoms with Gasteiger partial charge in [-0.05, 0) is 105 Å². The van der Waals surface area contributed by atoms with Crippen LogP contribution < -0.4 is 23.7 Å². The van der Waals surface area contributed by atoms with E-state index in [1.807, 2.05) is 64.1 Å².